The molecule has 0 aromatic heterocycles. The van der Waals surface area contributed by atoms with E-state index < -0.39 is 5.60 Å². The molecule has 2 heterocycles. The van der Waals surface area contributed by atoms with Crippen LogP contribution in [0.3, 0.4) is 0 Å². The lowest BCUT2D eigenvalue weighted by Gasteiger charge is -2.39. The second-order valence-electron chi connectivity index (χ2n) is 8.02. The summed E-state index contributed by atoms with van der Waals surface area (Å²) in [6, 6.07) is 0. The van der Waals surface area contributed by atoms with Crippen molar-refractivity contribution in [1.29, 1.82) is 0 Å². The zero-order valence-electron chi connectivity index (χ0n) is 14.0. The number of rotatable bonds is 3. The van der Waals surface area contributed by atoms with E-state index in [1.54, 1.807) is 0 Å². The molecule has 2 saturated heterocycles. The first kappa shape index (κ1) is 16.3. The molecular formula is C17H33NO2. The van der Waals surface area contributed by atoms with E-state index in [-0.39, 0.29) is 17.1 Å². The SMILES string of the molecule is CCCN1CCCC(O)(C2CC(C)(C)OC2(C)C)CC1. The first-order valence-electron chi connectivity index (χ1n) is 8.33. The van der Waals surface area contributed by atoms with Crippen LogP contribution in [-0.4, -0.2) is 46.4 Å². The molecule has 2 aliphatic rings. The zero-order chi connectivity index (χ0) is 15.0. The van der Waals surface area contributed by atoms with Gasteiger partial charge in [-0.25, -0.2) is 0 Å². The van der Waals surface area contributed by atoms with E-state index in [1.165, 1.54) is 6.42 Å². The Morgan fingerprint density at radius 3 is 2.40 bits per heavy atom. The first-order chi connectivity index (χ1) is 9.19. The number of likely N-dealkylation sites (tertiary alicyclic amines) is 1. The van der Waals surface area contributed by atoms with E-state index in [9.17, 15) is 5.11 Å². The summed E-state index contributed by atoms with van der Waals surface area (Å²) < 4.78 is 6.21. The van der Waals surface area contributed by atoms with Crippen LogP contribution < -0.4 is 0 Å². The van der Waals surface area contributed by atoms with E-state index >= 15 is 0 Å². The van der Waals surface area contributed by atoms with Crippen LogP contribution in [0.15, 0.2) is 0 Å². The lowest BCUT2D eigenvalue weighted by Crippen LogP contribution is -2.47. The predicted octanol–water partition coefficient (Wildman–Crippen LogP) is 3.21. The van der Waals surface area contributed by atoms with Gasteiger partial charge in [0.05, 0.1) is 16.8 Å². The molecule has 118 valence electrons. The molecule has 0 bridgehead atoms. The maximum atomic E-state index is 11.3. The Labute approximate surface area is 124 Å². The van der Waals surface area contributed by atoms with Gasteiger partial charge in [-0.2, -0.15) is 0 Å². The average molecular weight is 283 g/mol. The van der Waals surface area contributed by atoms with Crippen LogP contribution in [0.2, 0.25) is 0 Å². The standard InChI is InChI=1S/C17H33NO2/c1-6-10-18-11-7-8-17(19,9-12-18)14-13-15(2,3)20-16(14,4)5/h14,19H,6-13H2,1-5H3. The molecule has 3 heteroatoms. The number of hydrogen-bond donors (Lipinski definition) is 1. The molecule has 0 spiro atoms. The van der Waals surface area contributed by atoms with Crippen molar-refractivity contribution in [2.24, 2.45) is 5.92 Å². The van der Waals surface area contributed by atoms with Crippen molar-refractivity contribution < 1.29 is 9.84 Å². The minimum Gasteiger partial charge on any atom is -0.389 e. The van der Waals surface area contributed by atoms with Crippen LogP contribution in [0, 0.1) is 5.92 Å². The summed E-state index contributed by atoms with van der Waals surface area (Å²) in [6.07, 6.45) is 5.07. The topological polar surface area (TPSA) is 32.7 Å². The van der Waals surface area contributed by atoms with Gasteiger partial charge >= 0.3 is 0 Å². The predicted molar refractivity (Wildman–Crippen MR) is 82.9 cm³/mol. The minimum absolute atomic E-state index is 0.112. The smallest absolute Gasteiger partial charge is 0.0716 e. The Balaban J connectivity index is 2.10. The van der Waals surface area contributed by atoms with Crippen LogP contribution in [-0.2, 0) is 4.74 Å². The van der Waals surface area contributed by atoms with Crippen molar-refractivity contribution in [1.82, 2.24) is 4.90 Å². The van der Waals surface area contributed by atoms with Gasteiger partial charge in [0.25, 0.3) is 0 Å². The normalized spacial score (nSPS) is 37.8. The average Bonchev–Trinajstić information content (AvgIpc) is 2.46. The molecule has 1 N–H and O–H groups in total. The summed E-state index contributed by atoms with van der Waals surface area (Å²) in [5, 5.41) is 11.3. The van der Waals surface area contributed by atoms with Crippen molar-refractivity contribution in [2.75, 3.05) is 19.6 Å². The van der Waals surface area contributed by atoms with Crippen LogP contribution in [0.4, 0.5) is 0 Å². The van der Waals surface area contributed by atoms with E-state index in [1.807, 2.05) is 0 Å². The van der Waals surface area contributed by atoms with Crippen LogP contribution in [0.5, 0.6) is 0 Å². The lowest BCUT2D eigenvalue weighted by atomic mass is 9.71. The molecule has 0 amide bonds. The number of hydrogen-bond acceptors (Lipinski definition) is 3. The van der Waals surface area contributed by atoms with Gasteiger partial charge < -0.3 is 14.7 Å². The van der Waals surface area contributed by atoms with Crippen LogP contribution in [0.25, 0.3) is 0 Å². The molecule has 0 saturated carbocycles. The molecule has 2 rings (SSSR count). The molecule has 2 unspecified atom stereocenters. The van der Waals surface area contributed by atoms with Crippen molar-refractivity contribution in [3.63, 3.8) is 0 Å². The van der Waals surface area contributed by atoms with Crippen LogP contribution in [0.1, 0.15) is 66.7 Å². The number of ether oxygens (including phenoxy) is 1. The van der Waals surface area contributed by atoms with Crippen molar-refractivity contribution in [2.45, 2.75) is 83.5 Å². The highest BCUT2D eigenvalue weighted by atomic mass is 16.5. The quantitative estimate of drug-likeness (QED) is 0.863. The molecule has 0 aliphatic carbocycles. The van der Waals surface area contributed by atoms with Gasteiger partial charge in [-0.1, -0.05) is 6.92 Å². The molecular weight excluding hydrogens is 250 g/mol. The fourth-order valence-electron chi connectivity index (χ4n) is 4.48. The third kappa shape index (κ3) is 3.37. The minimum atomic E-state index is -0.556. The second kappa shape index (κ2) is 5.58. The fourth-order valence-corrected chi connectivity index (χ4v) is 4.48. The zero-order valence-corrected chi connectivity index (χ0v) is 14.0. The maximum absolute atomic E-state index is 11.3. The summed E-state index contributed by atoms with van der Waals surface area (Å²) >= 11 is 0. The molecule has 0 aromatic carbocycles. The van der Waals surface area contributed by atoms with E-state index in [0.717, 1.165) is 45.3 Å². The fraction of sp³-hybridized carbons (Fsp3) is 1.00. The summed E-state index contributed by atoms with van der Waals surface area (Å²) in [6.45, 7) is 14.2. The first-order valence-corrected chi connectivity index (χ1v) is 8.33. The second-order valence-corrected chi connectivity index (χ2v) is 8.02. The molecule has 2 fully saturated rings. The van der Waals surface area contributed by atoms with Gasteiger partial charge in [0.15, 0.2) is 0 Å². The highest BCUT2D eigenvalue weighted by Crippen LogP contribution is 2.49. The summed E-state index contributed by atoms with van der Waals surface area (Å²) in [4.78, 5) is 2.51. The van der Waals surface area contributed by atoms with Crippen molar-refractivity contribution >= 4 is 0 Å². The highest BCUT2D eigenvalue weighted by molar-refractivity contribution is 5.04. The third-order valence-corrected chi connectivity index (χ3v) is 5.21. The largest absolute Gasteiger partial charge is 0.389 e. The van der Waals surface area contributed by atoms with Crippen molar-refractivity contribution in [3.05, 3.63) is 0 Å². The summed E-state index contributed by atoms with van der Waals surface area (Å²) in [5.74, 6) is 0.242. The maximum Gasteiger partial charge on any atom is 0.0716 e. The van der Waals surface area contributed by atoms with Crippen molar-refractivity contribution in [3.8, 4) is 0 Å². The van der Waals surface area contributed by atoms with E-state index in [4.69, 9.17) is 4.74 Å². The van der Waals surface area contributed by atoms with Gasteiger partial charge in [-0.3, -0.25) is 0 Å². The van der Waals surface area contributed by atoms with Gasteiger partial charge in [0.2, 0.25) is 0 Å². The Kier molecular flexibility index (Phi) is 4.54. The Bertz CT molecular complexity index is 340. The monoisotopic (exact) mass is 283 g/mol. The van der Waals surface area contributed by atoms with Crippen LogP contribution >= 0.6 is 0 Å². The molecule has 2 aliphatic heterocycles. The molecule has 3 nitrogen and oxygen atoms in total. The molecule has 0 radical (unpaired) electrons. The van der Waals surface area contributed by atoms with Gasteiger partial charge in [0.1, 0.15) is 0 Å². The van der Waals surface area contributed by atoms with Gasteiger partial charge in [-0.05, 0) is 72.9 Å². The Hall–Kier alpha value is -0.120. The van der Waals surface area contributed by atoms with Gasteiger partial charge in [-0.15, -0.1) is 0 Å². The lowest BCUT2D eigenvalue weighted by molar-refractivity contribution is -0.117. The van der Waals surface area contributed by atoms with E-state index in [2.05, 4.69) is 39.5 Å². The Morgan fingerprint density at radius 2 is 1.85 bits per heavy atom. The summed E-state index contributed by atoms with van der Waals surface area (Å²) in [7, 11) is 0. The number of aliphatic hydroxyl groups is 1. The summed E-state index contributed by atoms with van der Waals surface area (Å²) in [5.41, 5.74) is -0.892. The van der Waals surface area contributed by atoms with E-state index in [0.29, 0.717) is 0 Å². The van der Waals surface area contributed by atoms with Gasteiger partial charge in [0, 0.05) is 12.5 Å². The third-order valence-electron chi connectivity index (χ3n) is 5.21. The molecule has 2 atom stereocenters. The molecule has 20 heavy (non-hydrogen) atoms. The Morgan fingerprint density at radius 1 is 1.15 bits per heavy atom. The molecule has 0 aromatic rings. The highest BCUT2D eigenvalue weighted by Gasteiger charge is 2.54. The number of nitrogens with zero attached hydrogens (tertiary/aromatic N) is 1.